The average molecular weight is 287 g/mol. The molecule has 1 unspecified atom stereocenters. The largest absolute Gasteiger partial charge is 0.445 e. The lowest BCUT2D eigenvalue weighted by Crippen LogP contribution is -2.37. The highest BCUT2D eigenvalue weighted by Gasteiger charge is 2.21. The molecule has 110 valence electrons. The predicted molar refractivity (Wildman–Crippen MR) is 76.2 cm³/mol. The van der Waals surface area contributed by atoms with Crippen molar-refractivity contribution in [2.75, 3.05) is 0 Å². The van der Waals surface area contributed by atoms with Gasteiger partial charge >= 0.3 is 6.09 Å². The molecule has 0 saturated carbocycles. The molecular formula is C15H17N3O3. The molecule has 0 bridgehead atoms. The Kier molecular flexibility index (Phi) is 5.22. The van der Waals surface area contributed by atoms with Crippen molar-refractivity contribution in [2.45, 2.75) is 25.7 Å². The van der Waals surface area contributed by atoms with Crippen LogP contribution in [0.15, 0.2) is 48.8 Å². The second-order valence-corrected chi connectivity index (χ2v) is 4.55. The fourth-order valence-electron chi connectivity index (χ4n) is 1.72. The second-order valence-electron chi connectivity index (χ2n) is 4.55. The monoisotopic (exact) mass is 287 g/mol. The highest BCUT2D eigenvalue weighted by molar-refractivity contribution is 5.67. The number of aliphatic hydroxyl groups is 1. The molecule has 6 nitrogen and oxygen atoms in total. The van der Waals surface area contributed by atoms with E-state index in [-0.39, 0.29) is 12.4 Å². The number of rotatable bonds is 5. The molecule has 1 aromatic carbocycles. The molecule has 1 heterocycles. The zero-order chi connectivity index (χ0) is 15.1. The van der Waals surface area contributed by atoms with Crippen molar-refractivity contribution < 1.29 is 14.6 Å². The van der Waals surface area contributed by atoms with Crippen molar-refractivity contribution in [3.63, 3.8) is 0 Å². The van der Waals surface area contributed by atoms with Crippen LogP contribution in [0.5, 0.6) is 0 Å². The summed E-state index contributed by atoms with van der Waals surface area (Å²) in [5.74, 6) is 0.258. The summed E-state index contributed by atoms with van der Waals surface area (Å²) in [4.78, 5) is 19.6. The van der Waals surface area contributed by atoms with Crippen molar-refractivity contribution in [3.05, 3.63) is 60.2 Å². The lowest BCUT2D eigenvalue weighted by atomic mass is 10.2. The number of alkyl carbamates (subject to hydrolysis) is 1. The molecule has 2 rings (SSSR count). The van der Waals surface area contributed by atoms with Gasteiger partial charge in [0.1, 0.15) is 12.7 Å². The van der Waals surface area contributed by atoms with Crippen LogP contribution in [-0.2, 0) is 11.3 Å². The van der Waals surface area contributed by atoms with E-state index in [1.54, 1.807) is 13.0 Å². The number of benzene rings is 1. The Labute approximate surface area is 122 Å². The van der Waals surface area contributed by atoms with Crippen LogP contribution in [0.25, 0.3) is 0 Å². The van der Waals surface area contributed by atoms with Crippen LogP contribution in [0.3, 0.4) is 0 Å². The van der Waals surface area contributed by atoms with Gasteiger partial charge < -0.3 is 15.2 Å². The first-order valence-corrected chi connectivity index (χ1v) is 6.59. The van der Waals surface area contributed by atoms with E-state index in [0.29, 0.717) is 0 Å². The standard InChI is InChI=1S/C15H17N3O3/c1-11(13(19)14-16-8-5-9-17-14)18-15(20)21-10-12-6-3-2-4-7-12/h2-9,11,13,19H,10H2,1H3,(H,18,20)/t11-,13?/m0/s1. The van der Waals surface area contributed by atoms with E-state index < -0.39 is 18.2 Å². The second kappa shape index (κ2) is 7.35. The van der Waals surface area contributed by atoms with Crippen LogP contribution in [0.1, 0.15) is 24.4 Å². The van der Waals surface area contributed by atoms with E-state index in [2.05, 4.69) is 15.3 Å². The number of hydrogen-bond donors (Lipinski definition) is 2. The number of amides is 1. The van der Waals surface area contributed by atoms with Gasteiger partial charge in [-0.25, -0.2) is 14.8 Å². The molecule has 6 heteroatoms. The number of nitrogens with one attached hydrogen (secondary N) is 1. The van der Waals surface area contributed by atoms with Gasteiger partial charge in [0.15, 0.2) is 5.82 Å². The number of hydrogen-bond acceptors (Lipinski definition) is 5. The predicted octanol–water partition coefficient (Wildman–Crippen LogP) is 1.82. The number of nitrogens with zero attached hydrogens (tertiary/aromatic N) is 2. The van der Waals surface area contributed by atoms with Crippen molar-refractivity contribution in [2.24, 2.45) is 0 Å². The molecule has 0 saturated heterocycles. The van der Waals surface area contributed by atoms with Crippen LogP contribution in [-0.4, -0.2) is 27.2 Å². The van der Waals surface area contributed by atoms with Crippen LogP contribution in [0.4, 0.5) is 4.79 Å². The molecule has 2 atom stereocenters. The van der Waals surface area contributed by atoms with E-state index in [9.17, 15) is 9.90 Å². The Hall–Kier alpha value is -2.47. The minimum Gasteiger partial charge on any atom is -0.445 e. The maximum absolute atomic E-state index is 11.7. The molecule has 1 amide bonds. The Balaban J connectivity index is 1.82. The van der Waals surface area contributed by atoms with Gasteiger partial charge in [0, 0.05) is 12.4 Å². The Morgan fingerprint density at radius 1 is 1.24 bits per heavy atom. The maximum atomic E-state index is 11.7. The van der Waals surface area contributed by atoms with Crippen LogP contribution in [0, 0.1) is 0 Å². The van der Waals surface area contributed by atoms with E-state index in [1.165, 1.54) is 12.4 Å². The maximum Gasteiger partial charge on any atom is 0.407 e. The first kappa shape index (κ1) is 14.9. The van der Waals surface area contributed by atoms with Gasteiger partial charge in [-0.1, -0.05) is 30.3 Å². The molecule has 2 aromatic rings. The molecule has 0 aliphatic heterocycles. The van der Waals surface area contributed by atoms with Crippen molar-refractivity contribution in [3.8, 4) is 0 Å². The molecule has 0 radical (unpaired) electrons. The van der Waals surface area contributed by atoms with Gasteiger partial charge in [-0.3, -0.25) is 0 Å². The van der Waals surface area contributed by atoms with Gasteiger partial charge in [0.05, 0.1) is 6.04 Å². The fraction of sp³-hybridized carbons (Fsp3) is 0.267. The normalized spacial score (nSPS) is 13.2. The summed E-state index contributed by atoms with van der Waals surface area (Å²) >= 11 is 0. The van der Waals surface area contributed by atoms with Gasteiger partial charge in [0.2, 0.25) is 0 Å². The summed E-state index contributed by atoms with van der Waals surface area (Å²) in [6.07, 6.45) is 1.48. The summed E-state index contributed by atoms with van der Waals surface area (Å²) in [7, 11) is 0. The zero-order valence-electron chi connectivity index (χ0n) is 11.6. The summed E-state index contributed by atoms with van der Waals surface area (Å²) in [6, 6.07) is 10.5. The first-order valence-electron chi connectivity index (χ1n) is 6.59. The molecule has 2 N–H and O–H groups in total. The van der Waals surface area contributed by atoms with E-state index >= 15 is 0 Å². The van der Waals surface area contributed by atoms with Crippen molar-refractivity contribution in [1.29, 1.82) is 0 Å². The van der Waals surface area contributed by atoms with Crippen LogP contribution in [0.2, 0.25) is 0 Å². The lowest BCUT2D eigenvalue weighted by Gasteiger charge is -2.18. The number of ether oxygens (including phenoxy) is 1. The zero-order valence-corrected chi connectivity index (χ0v) is 11.6. The third-order valence-corrected chi connectivity index (χ3v) is 2.88. The topological polar surface area (TPSA) is 84.3 Å². The van der Waals surface area contributed by atoms with Gasteiger partial charge in [0.25, 0.3) is 0 Å². The van der Waals surface area contributed by atoms with Crippen LogP contribution < -0.4 is 5.32 Å². The number of aromatic nitrogens is 2. The number of aliphatic hydroxyl groups excluding tert-OH is 1. The third-order valence-electron chi connectivity index (χ3n) is 2.88. The number of carbonyl (C=O) groups is 1. The Bertz CT molecular complexity index is 563. The highest BCUT2D eigenvalue weighted by Crippen LogP contribution is 2.11. The van der Waals surface area contributed by atoms with E-state index in [1.807, 2.05) is 30.3 Å². The SMILES string of the molecule is C[C@H](NC(=O)OCc1ccccc1)C(O)c1ncccn1. The molecule has 0 aliphatic rings. The Morgan fingerprint density at radius 3 is 2.57 bits per heavy atom. The number of carbonyl (C=O) groups excluding carboxylic acids is 1. The average Bonchev–Trinajstić information content (AvgIpc) is 2.54. The molecular weight excluding hydrogens is 270 g/mol. The smallest absolute Gasteiger partial charge is 0.407 e. The molecule has 0 aliphatic carbocycles. The van der Waals surface area contributed by atoms with Crippen LogP contribution >= 0.6 is 0 Å². The first-order chi connectivity index (χ1) is 10.2. The van der Waals surface area contributed by atoms with E-state index in [0.717, 1.165) is 5.56 Å². The highest BCUT2D eigenvalue weighted by atomic mass is 16.5. The lowest BCUT2D eigenvalue weighted by molar-refractivity contribution is 0.102. The molecule has 0 spiro atoms. The Morgan fingerprint density at radius 2 is 1.90 bits per heavy atom. The fourth-order valence-corrected chi connectivity index (χ4v) is 1.72. The molecule has 1 aromatic heterocycles. The van der Waals surface area contributed by atoms with Gasteiger partial charge in [-0.2, -0.15) is 0 Å². The summed E-state index contributed by atoms with van der Waals surface area (Å²) < 4.78 is 5.08. The third kappa shape index (κ3) is 4.54. The summed E-state index contributed by atoms with van der Waals surface area (Å²) in [6.45, 7) is 1.84. The molecule has 0 fully saturated rings. The minimum atomic E-state index is -0.990. The summed E-state index contributed by atoms with van der Waals surface area (Å²) in [5.41, 5.74) is 0.896. The van der Waals surface area contributed by atoms with E-state index in [4.69, 9.17) is 4.74 Å². The quantitative estimate of drug-likeness (QED) is 0.876. The van der Waals surface area contributed by atoms with Crippen molar-refractivity contribution >= 4 is 6.09 Å². The summed E-state index contributed by atoms with van der Waals surface area (Å²) in [5, 5.41) is 12.6. The minimum absolute atomic E-state index is 0.178. The molecule has 21 heavy (non-hydrogen) atoms. The van der Waals surface area contributed by atoms with Gasteiger partial charge in [-0.05, 0) is 18.6 Å². The van der Waals surface area contributed by atoms with Crippen molar-refractivity contribution in [1.82, 2.24) is 15.3 Å². The van der Waals surface area contributed by atoms with Gasteiger partial charge in [-0.15, -0.1) is 0 Å².